The molecule has 0 saturated carbocycles. The monoisotopic (exact) mass is 713 g/mol. The maximum atomic E-state index is 9.86. The number of fused-ring (bicyclic) bond motifs is 1. The van der Waals surface area contributed by atoms with Crippen molar-refractivity contribution in [1.82, 2.24) is 15.0 Å². The lowest BCUT2D eigenvalue weighted by atomic mass is 9.94. The Morgan fingerprint density at radius 2 is 0.625 bits per heavy atom. The standard InChI is InChI=1S/C51H31N5/c52-32-34-11-13-39(14-12-34)46-27-35(33-53)28-47(31-46)45-26-20-40-19-25-44(29-48(40)30-45)38-17-23-43(24-18-38)51-55-49(41-9-5-2-6-10-41)54-50(56-51)42-21-15-37(16-22-42)36-7-3-1-4-8-36/h1-31H. The molecular formula is C51H31N5. The fourth-order valence-electron chi connectivity index (χ4n) is 6.97. The Kier molecular flexibility index (Phi) is 8.94. The summed E-state index contributed by atoms with van der Waals surface area (Å²) in [6, 6.07) is 67.8. The molecule has 9 rings (SSSR count). The Bertz CT molecular complexity index is 2940. The number of nitriles is 2. The van der Waals surface area contributed by atoms with Gasteiger partial charge in [-0.05, 0) is 97.7 Å². The quantitative estimate of drug-likeness (QED) is 0.164. The second kappa shape index (κ2) is 14.8. The van der Waals surface area contributed by atoms with Crippen molar-refractivity contribution in [2.45, 2.75) is 0 Å². The fourth-order valence-corrected chi connectivity index (χ4v) is 6.97. The van der Waals surface area contributed by atoms with Crippen LogP contribution in [0.25, 0.3) is 89.4 Å². The van der Waals surface area contributed by atoms with Gasteiger partial charge in [0.15, 0.2) is 17.5 Å². The summed E-state index contributed by atoms with van der Waals surface area (Å²) in [7, 11) is 0. The van der Waals surface area contributed by atoms with Gasteiger partial charge in [-0.1, -0.05) is 146 Å². The predicted molar refractivity (Wildman–Crippen MR) is 225 cm³/mol. The number of aromatic nitrogens is 3. The minimum atomic E-state index is 0.581. The Labute approximate surface area is 325 Å². The second-order valence-electron chi connectivity index (χ2n) is 13.6. The highest BCUT2D eigenvalue weighted by atomic mass is 15.0. The summed E-state index contributed by atoms with van der Waals surface area (Å²) >= 11 is 0. The lowest BCUT2D eigenvalue weighted by molar-refractivity contribution is 1.07. The smallest absolute Gasteiger partial charge is 0.164 e. The summed E-state index contributed by atoms with van der Waals surface area (Å²) in [5.74, 6) is 1.85. The maximum Gasteiger partial charge on any atom is 0.164 e. The molecule has 0 aliphatic heterocycles. The third kappa shape index (κ3) is 6.93. The predicted octanol–water partition coefficient (Wildman–Crippen LogP) is 12.4. The van der Waals surface area contributed by atoms with E-state index in [4.69, 9.17) is 15.0 Å². The molecule has 5 heteroatoms. The summed E-state index contributed by atoms with van der Waals surface area (Å²) in [6.07, 6.45) is 0. The summed E-state index contributed by atoms with van der Waals surface area (Å²) in [5.41, 5.74) is 12.2. The summed E-state index contributed by atoms with van der Waals surface area (Å²) in [4.78, 5) is 14.8. The van der Waals surface area contributed by atoms with Crippen LogP contribution >= 0.6 is 0 Å². The molecule has 0 amide bonds. The molecule has 9 aromatic rings. The molecule has 5 nitrogen and oxygen atoms in total. The molecule has 1 aromatic heterocycles. The molecule has 0 N–H and O–H groups in total. The van der Waals surface area contributed by atoms with Gasteiger partial charge in [-0.2, -0.15) is 10.5 Å². The SMILES string of the molecule is N#Cc1ccc(-c2cc(C#N)cc(-c3ccc4ccc(-c5ccc(-c6nc(-c7ccccc7)nc(-c7ccc(-c8ccccc8)cc7)n6)cc5)cc4c3)c2)cc1. The van der Waals surface area contributed by atoms with Crippen LogP contribution in [-0.2, 0) is 0 Å². The first-order valence-electron chi connectivity index (χ1n) is 18.3. The third-order valence-corrected chi connectivity index (χ3v) is 9.98. The van der Waals surface area contributed by atoms with Crippen molar-refractivity contribution in [3.63, 3.8) is 0 Å². The van der Waals surface area contributed by atoms with Crippen LogP contribution in [0.2, 0.25) is 0 Å². The lowest BCUT2D eigenvalue weighted by Gasteiger charge is -2.11. The average molecular weight is 714 g/mol. The topological polar surface area (TPSA) is 86.2 Å². The van der Waals surface area contributed by atoms with Crippen molar-refractivity contribution in [3.05, 3.63) is 199 Å². The van der Waals surface area contributed by atoms with Crippen molar-refractivity contribution >= 4 is 10.8 Å². The molecule has 0 radical (unpaired) electrons. The highest BCUT2D eigenvalue weighted by Crippen LogP contribution is 2.33. The third-order valence-electron chi connectivity index (χ3n) is 9.98. The van der Waals surface area contributed by atoms with Crippen LogP contribution in [0.5, 0.6) is 0 Å². The molecule has 0 bridgehead atoms. The molecule has 1 heterocycles. The van der Waals surface area contributed by atoms with Crippen LogP contribution in [0.15, 0.2) is 188 Å². The number of rotatable bonds is 7. The van der Waals surface area contributed by atoms with Gasteiger partial charge in [0, 0.05) is 16.7 Å². The van der Waals surface area contributed by atoms with Gasteiger partial charge in [0.05, 0.1) is 23.3 Å². The Morgan fingerprint density at radius 3 is 1.14 bits per heavy atom. The van der Waals surface area contributed by atoms with Crippen molar-refractivity contribution < 1.29 is 0 Å². The van der Waals surface area contributed by atoms with Gasteiger partial charge < -0.3 is 0 Å². The summed E-state index contributed by atoms with van der Waals surface area (Å²) in [5, 5.41) is 21.3. The van der Waals surface area contributed by atoms with Crippen LogP contribution in [0, 0.1) is 22.7 Å². The van der Waals surface area contributed by atoms with E-state index in [-0.39, 0.29) is 0 Å². The van der Waals surface area contributed by atoms with Crippen LogP contribution in [0.3, 0.4) is 0 Å². The van der Waals surface area contributed by atoms with E-state index in [1.165, 1.54) is 0 Å². The molecule has 56 heavy (non-hydrogen) atoms. The van der Waals surface area contributed by atoms with E-state index in [9.17, 15) is 10.5 Å². The van der Waals surface area contributed by atoms with Gasteiger partial charge >= 0.3 is 0 Å². The highest BCUT2D eigenvalue weighted by molar-refractivity contribution is 5.91. The van der Waals surface area contributed by atoms with Gasteiger partial charge in [0.2, 0.25) is 0 Å². The van der Waals surface area contributed by atoms with Gasteiger partial charge in [-0.3, -0.25) is 0 Å². The second-order valence-corrected chi connectivity index (χ2v) is 13.6. The molecular weight excluding hydrogens is 683 g/mol. The molecule has 0 spiro atoms. The van der Waals surface area contributed by atoms with Gasteiger partial charge in [-0.25, -0.2) is 15.0 Å². The molecule has 260 valence electrons. The van der Waals surface area contributed by atoms with E-state index in [0.717, 1.165) is 72.0 Å². The normalized spacial score (nSPS) is 10.8. The average Bonchev–Trinajstić information content (AvgIpc) is 3.29. The minimum absolute atomic E-state index is 0.581. The Hall–Kier alpha value is -7.99. The zero-order chi connectivity index (χ0) is 37.8. The van der Waals surface area contributed by atoms with Crippen LogP contribution < -0.4 is 0 Å². The van der Waals surface area contributed by atoms with Crippen LogP contribution in [0.4, 0.5) is 0 Å². The molecule has 0 saturated heterocycles. The number of nitrogens with zero attached hydrogens (tertiary/aromatic N) is 5. The van der Waals surface area contributed by atoms with Crippen molar-refractivity contribution in [2.24, 2.45) is 0 Å². The van der Waals surface area contributed by atoms with Crippen LogP contribution in [0.1, 0.15) is 11.1 Å². The van der Waals surface area contributed by atoms with E-state index in [1.807, 2.05) is 72.8 Å². The molecule has 0 unspecified atom stereocenters. The first-order valence-corrected chi connectivity index (χ1v) is 18.3. The van der Waals surface area contributed by atoms with Crippen molar-refractivity contribution in [3.8, 4) is 90.8 Å². The van der Waals surface area contributed by atoms with E-state index in [0.29, 0.717) is 28.6 Å². The minimum Gasteiger partial charge on any atom is -0.208 e. The molecule has 0 fully saturated rings. The van der Waals surface area contributed by atoms with E-state index < -0.39 is 0 Å². The molecule has 0 atom stereocenters. The zero-order valence-electron chi connectivity index (χ0n) is 30.1. The van der Waals surface area contributed by atoms with Crippen molar-refractivity contribution in [2.75, 3.05) is 0 Å². The van der Waals surface area contributed by atoms with E-state index in [1.54, 1.807) is 12.1 Å². The number of hydrogen-bond donors (Lipinski definition) is 0. The fraction of sp³-hybridized carbons (Fsp3) is 0. The first-order chi connectivity index (χ1) is 27.6. The molecule has 0 aliphatic carbocycles. The molecule has 8 aromatic carbocycles. The first kappa shape index (κ1) is 33.8. The number of hydrogen-bond acceptors (Lipinski definition) is 5. The summed E-state index contributed by atoms with van der Waals surface area (Å²) in [6.45, 7) is 0. The summed E-state index contributed by atoms with van der Waals surface area (Å²) < 4.78 is 0. The number of benzene rings is 8. The molecule has 0 aliphatic rings. The maximum absolute atomic E-state index is 9.86. The Morgan fingerprint density at radius 1 is 0.268 bits per heavy atom. The zero-order valence-corrected chi connectivity index (χ0v) is 30.1. The largest absolute Gasteiger partial charge is 0.208 e. The van der Waals surface area contributed by atoms with Crippen molar-refractivity contribution in [1.29, 1.82) is 10.5 Å². The van der Waals surface area contributed by atoms with Gasteiger partial charge in [-0.15, -0.1) is 0 Å². The van der Waals surface area contributed by atoms with E-state index in [2.05, 4.69) is 115 Å². The van der Waals surface area contributed by atoms with Gasteiger partial charge in [0.1, 0.15) is 0 Å². The van der Waals surface area contributed by atoms with Crippen LogP contribution in [-0.4, -0.2) is 15.0 Å². The Balaban J connectivity index is 1.04. The van der Waals surface area contributed by atoms with E-state index >= 15 is 0 Å². The lowest BCUT2D eigenvalue weighted by Crippen LogP contribution is -2.00. The highest BCUT2D eigenvalue weighted by Gasteiger charge is 2.14. The van der Waals surface area contributed by atoms with Gasteiger partial charge in [0.25, 0.3) is 0 Å².